The molecule has 76 valence electrons. The van der Waals surface area contributed by atoms with Crippen molar-refractivity contribution in [3.05, 3.63) is 24.0 Å². The van der Waals surface area contributed by atoms with Gasteiger partial charge in [-0.3, -0.25) is 0 Å². The maximum absolute atomic E-state index is 5.17. The van der Waals surface area contributed by atoms with E-state index >= 15 is 0 Å². The highest BCUT2D eigenvalue weighted by Gasteiger charge is 2.32. The number of rotatable bonds is 4. The molecule has 0 aromatic carbocycles. The van der Waals surface area contributed by atoms with Crippen LogP contribution in [0.3, 0.4) is 0 Å². The Bertz CT molecular complexity index is 285. The summed E-state index contributed by atoms with van der Waals surface area (Å²) in [5.41, 5.74) is 1.30. The van der Waals surface area contributed by atoms with Gasteiger partial charge >= 0.3 is 0 Å². The van der Waals surface area contributed by atoms with Crippen molar-refractivity contribution in [1.82, 2.24) is 15.5 Å². The molecule has 1 saturated heterocycles. The van der Waals surface area contributed by atoms with Crippen molar-refractivity contribution in [1.29, 1.82) is 0 Å². The first-order chi connectivity index (χ1) is 6.79. The zero-order chi connectivity index (χ0) is 9.86. The number of nitrogens with one attached hydrogen (secondary N) is 1. The van der Waals surface area contributed by atoms with Gasteiger partial charge in [0.05, 0.1) is 18.9 Å². The molecule has 1 N–H and O–H groups in total. The Hall–Kier alpha value is -1.00. The summed E-state index contributed by atoms with van der Waals surface area (Å²) in [4.78, 5) is 0. The highest BCUT2D eigenvalue weighted by Crippen LogP contribution is 2.24. The van der Waals surface area contributed by atoms with Gasteiger partial charge in [0, 0.05) is 24.7 Å². The van der Waals surface area contributed by atoms with Crippen LogP contribution in [-0.4, -0.2) is 30.0 Å². The van der Waals surface area contributed by atoms with Gasteiger partial charge in [-0.15, -0.1) is 0 Å². The largest absolute Gasteiger partial charge is 0.380 e. The molecule has 0 unspecified atom stereocenters. The van der Waals surface area contributed by atoms with Gasteiger partial charge in [0.1, 0.15) is 0 Å². The molecule has 2 heterocycles. The summed E-state index contributed by atoms with van der Waals surface area (Å²) in [7, 11) is 0. The van der Waals surface area contributed by atoms with Crippen molar-refractivity contribution < 1.29 is 4.74 Å². The van der Waals surface area contributed by atoms with E-state index < -0.39 is 0 Å². The van der Waals surface area contributed by atoms with Crippen LogP contribution in [0.5, 0.6) is 0 Å². The SMILES string of the molecule is CC1(CNCc2cccnn2)COC1. The van der Waals surface area contributed by atoms with Crippen LogP contribution in [0.1, 0.15) is 12.6 Å². The lowest BCUT2D eigenvalue weighted by Crippen LogP contribution is -2.47. The Morgan fingerprint density at radius 3 is 3.00 bits per heavy atom. The van der Waals surface area contributed by atoms with Crippen LogP contribution in [0.25, 0.3) is 0 Å². The minimum absolute atomic E-state index is 0.322. The molecule has 0 spiro atoms. The van der Waals surface area contributed by atoms with E-state index in [1.807, 2.05) is 12.1 Å². The monoisotopic (exact) mass is 193 g/mol. The van der Waals surface area contributed by atoms with Crippen LogP contribution in [0.15, 0.2) is 18.3 Å². The third-order valence-electron chi connectivity index (χ3n) is 2.39. The summed E-state index contributed by atoms with van der Waals surface area (Å²) >= 11 is 0. The Morgan fingerprint density at radius 1 is 1.57 bits per heavy atom. The average molecular weight is 193 g/mol. The lowest BCUT2D eigenvalue weighted by Gasteiger charge is -2.38. The molecule has 0 radical (unpaired) electrons. The van der Waals surface area contributed by atoms with Crippen molar-refractivity contribution in [3.8, 4) is 0 Å². The van der Waals surface area contributed by atoms with Crippen LogP contribution in [-0.2, 0) is 11.3 Å². The Morgan fingerprint density at radius 2 is 2.43 bits per heavy atom. The lowest BCUT2D eigenvalue weighted by molar-refractivity contribution is -0.0991. The summed E-state index contributed by atoms with van der Waals surface area (Å²) in [6, 6.07) is 3.87. The van der Waals surface area contributed by atoms with Crippen molar-refractivity contribution in [2.75, 3.05) is 19.8 Å². The molecule has 0 atom stereocenters. The molecular formula is C10H15N3O. The first kappa shape index (κ1) is 9.55. The van der Waals surface area contributed by atoms with Crippen molar-refractivity contribution in [2.45, 2.75) is 13.5 Å². The normalized spacial score (nSPS) is 18.9. The highest BCUT2D eigenvalue weighted by molar-refractivity contribution is 4.98. The molecule has 1 aliphatic rings. The maximum Gasteiger partial charge on any atom is 0.0768 e. The molecule has 4 heteroatoms. The Kier molecular flexibility index (Phi) is 2.74. The molecular weight excluding hydrogens is 178 g/mol. The van der Waals surface area contributed by atoms with Crippen LogP contribution >= 0.6 is 0 Å². The van der Waals surface area contributed by atoms with Crippen LogP contribution in [0, 0.1) is 5.41 Å². The Balaban J connectivity index is 1.73. The lowest BCUT2D eigenvalue weighted by atomic mass is 9.89. The van der Waals surface area contributed by atoms with Crippen LogP contribution in [0.2, 0.25) is 0 Å². The number of aromatic nitrogens is 2. The van der Waals surface area contributed by atoms with Crippen molar-refractivity contribution in [2.24, 2.45) is 5.41 Å². The molecule has 4 nitrogen and oxygen atoms in total. The second-order valence-corrected chi connectivity index (χ2v) is 4.12. The number of hydrogen-bond acceptors (Lipinski definition) is 4. The van der Waals surface area contributed by atoms with Gasteiger partial charge in [0.15, 0.2) is 0 Å². The molecule has 0 amide bonds. The number of ether oxygens (including phenoxy) is 1. The first-order valence-electron chi connectivity index (χ1n) is 4.84. The van der Waals surface area contributed by atoms with E-state index in [9.17, 15) is 0 Å². The van der Waals surface area contributed by atoms with Gasteiger partial charge in [0.2, 0.25) is 0 Å². The minimum atomic E-state index is 0.322. The molecule has 1 aromatic heterocycles. The van der Waals surface area contributed by atoms with E-state index in [2.05, 4.69) is 22.4 Å². The van der Waals surface area contributed by atoms with Gasteiger partial charge < -0.3 is 10.1 Å². The van der Waals surface area contributed by atoms with Crippen molar-refractivity contribution in [3.63, 3.8) is 0 Å². The summed E-state index contributed by atoms with van der Waals surface area (Å²) in [5.74, 6) is 0. The smallest absolute Gasteiger partial charge is 0.0768 e. The molecule has 1 aliphatic heterocycles. The molecule has 0 bridgehead atoms. The topological polar surface area (TPSA) is 47.0 Å². The molecule has 14 heavy (non-hydrogen) atoms. The van der Waals surface area contributed by atoms with E-state index in [1.165, 1.54) is 0 Å². The quantitative estimate of drug-likeness (QED) is 0.760. The van der Waals surface area contributed by atoms with Gasteiger partial charge in [-0.1, -0.05) is 6.92 Å². The van der Waals surface area contributed by atoms with Crippen LogP contribution in [0.4, 0.5) is 0 Å². The summed E-state index contributed by atoms with van der Waals surface area (Å²) in [6.45, 7) is 5.70. The average Bonchev–Trinajstić information content (AvgIpc) is 2.17. The number of nitrogens with zero attached hydrogens (tertiary/aromatic N) is 2. The zero-order valence-electron chi connectivity index (χ0n) is 8.36. The van der Waals surface area contributed by atoms with E-state index in [1.54, 1.807) is 6.20 Å². The Labute approximate surface area is 83.7 Å². The van der Waals surface area contributed by atoms with Crippen LogP contribution < -0.4 is 5.32 Å². The summed E-state index contributed by atoms with van der Waals surface area (Å²) in [6.07, 6.45) is 1.69. The number of hydrogen-bond donors (Lipinski definition) is 1. The van der Waals surface area contributed by atoms with E-state index in [-0.39, 0.29) is 0 Å². The minimum Gasteiger partial charge on any atom is -0.380 e. The summed E-state index contributed by atoms with van der Waals surface area (Å²) in [5, 5.41) is 11.2. The van der Waals surface area contributed by atoms with Gasteiger partial charge in [-0.2, -0.15) is 10.2 Å². The fourth-order valence-electron chi connectivity index (χ4n) is 1.47. The van der Waals surface area contributed by atoms with E-state index in [0.29, 0.717) is 5.41 Å². The molecule has 1 aromatic rings. The maximum atomic E-state index is 5.17. The third kappa shape index (κ3) is 2.27. The first-order valence-corrected chi connectivity index (χ1v) is 4.84. The molecule has 0 saturated carbocycles. The molecule has 0 aliphatic carbocycles. The van der Waals surface area contributed by atoms with Crippen molar-refractivity contribution >= 4 is 0 Å². The fourth-order valence-corrected chi connectivity index (χ4v) is 1.47. The zero-order valence-corrected chi connectivity index (χ0v) is 8.36. The summed E-state index contributed by atoms with van der Waals surface area (Å²) < 4.78 is 5.17. The second kappa shape index (κ2) is 4.02. The standard InChI is InChI=1S/C10H15N3O/c1-10(7-14-8-10)6-11-5-9-3-2-4-12-13-9/h2-4,11H,5-8H2,1H3. The predicted molar refractivity (Wildman–Crippen MR) is 52.7 cm³/mol. The second-order valence-electron chi connectivity index (χ2n) is 4.12. The fraction of sp³-hybridized carbons (Fsp3) is 0.600. The van der Waals surface area contributed by atoms with E-state index in [0.717, 1.165) is 32.0 Å². The van der Waals surface area contributed by atoms with Gasteiger partial charge in [-0.25, -0.2) is 0 Å². The van der Waals surface area contributed by atoms with Gasteiger partial charge in [0.25, 0.3) is 0 Å². The third-order valence-corrected chi connectivity index (χ3v) is 2.39. The molecule has 2 rings (SSSR count). The predicted octanol–water partition coefficient (Wildman–Crippen LogP) is 0.603. The van der Waals surface area contributed by atoms with E-state index in [4.69, 9.17) is 4.74 Å². The highest BCUT2D eigenvalue weighted by atomic mass is 16.5. The molecule has 1 fully saturated rings. The van der Waals surface area contributed by atoms with Gasteiger partial charge in [-0.05, 0) is 12.1 Å².